The number of carboxylic acid groups (broad SMARTS) is 1. The van der Waals surface area contributed by atoms with Gasteiger partial charge in [0.2, 0.25) is 5.91 Å². The number of carbonyl (C=O) groups excluding carboxylic acids is 2. The minimum absolute atomic E-state index is 0.00484. The molecular formula is C11H15N3O4. The molecule has 2 amide bonds. The van der Waals surface area contributed by atoms with Crippen molar-refractivity contribution in [2.45, 2.75) is 19.8 Å². The summed E-state index contributed by atoms with van der Waals surface area (Å²) in [6.45, 7) is 2.53. The van der Waals surface area contributed by atoms with E-state index in [0.717, 1.165) is 0 Å². The Kier molecular flexibility index (Phi) is 3.31. The maximum absolute atomic E-state index is 11.9. The van der Waals surface area contributed by atoms with E-state index in [1.54, 1.807) is 11.8 Å². The SMILES string of the molecule is CC(C(=O)O)C1CN(C(=O)C2=NNC(=O)CC2)C1. The number of carboxylic acids is 1. The van der Waals surface area contributed by atoms with Crippen molar-refractivity contribution >= 4 is 23.5 Å². The number of nitrogens with zero attached hydrogens (tertiary/aromatic N) is 2. The molecule has 2 N–H and O–H groups in total. The van der Waals surface area contributed by atoms with Gasteiger partial charge in [0.15, 0.2) is 0 Å². The van der Waals surface area contributed by atoms with Gasteiger partial charge in [-0.25, -0.2) is 5.43 Å². The Balaban J connectivity index is 1.87. The maximum Gasteiger partial charge on any atom is 0.306 e. The Morgan fingerprint density at radius 3 is 2.61 bits per heavy atom. The van der Waals surface area contributed by atoms with Crippen LogP contribution in [0, 0.1) is 11.8 Å². The molecule has 0 aromatic rings. The number of hydrogen-bond acceptors (Lipinski definition) is 4. The second-order valence-corrected chi connectivity index (χ2v) is 4.69. The molecule has 2 aliphatic heterocycles. The van der Waals surface area contributed by atoms with Crippen molar-refractivity contribution in [2.75, 3.05) is 13.1 Å². The third-order valence-corrected chi connectivity index (χ3v) is 3.44. The molecule has 7 heteroatoms. The Bertz CT molecular complexity index is 426. The number of rotatable bonds is 3. The average molecular weight is 253 g/mol. The Labute approximate surface area is 104 Å². The maximum atomic E-state index is 11.9. The minimum atomic E-state index is -0.839. The molecular weight excluding hydrogens is 238 g/mol. The van der Waals surface area contributed by atoms with E-state index < -0.39 is 11.9 Å². The van der Waals surface area contributed by atoms with Crippen molar-refractivity contribution in [3.63, 3.8) is 0 Å². The fourth-order valence-electron chi connectivity index (χ4n) is 2.01. The standard InChI is InChI=1S/C11H15N3O4/c1-6(11(17)18)7-4-14(5-7)10(16)8-2-3-9(15)13-12-8/h6-7H,2-5H2,1H3,(H,13,15)(H,17,18). The minimum Gasteiger partial charge on any atom is -0.481 e. The first kappa shape index (κ1) is 12.5. The highest BCUT2D eigenvalue weighted by Crippen LogP contribution is 2.24. The molecule has 0 aliphatic carbocycles. The number of amides is 2. The fraction of sp³-hybridized carbons (Fsp3) is 0.636. The number of hydrazone groups is 1. The van der Waals surface area contributed by atoms with Crippen LogP contribution in [-0.4, -0.2) is 46.6 Å². The van der Waals surface area contributed by atoms with Gasteiger partial charge in [0.05, 0.1) is 5.92 Å². The van der Waals surface area contributed by atoms with Crippen molar-refractivity contribution in [1.82, 2.24) is 10.3 Å². The Morgan fingerprint density at radius 1 is 1.44 bits per heavy atom. The Hall–Kier alpha value is -1.92. The van der Waals surface area contributed by atoms with Gasteiger partial charge in [-0.1, -0.05) is 6.92 Å². The van der Waals surface area contributed by atoms with Gasteiger partial charge in [0.1, 0.15) is 5.71 Å². The molecule has 1 unspecified atom stereocenters. The van der Waals surface area contributed by atoms with Gasteiger partial charge in [0.25, 0.3) is 5.91 Å². The van der Waals surface area contributed by atoms with Gasteiger partial charge < -0.3 is 10.0 Å². The lowest BCUT2D eigenvalue weighted by molar-refractivity contribution is -0.148. The third-order valence-electron chi connectivity index (χ3n) is 3.44. The third kappa shape index (κ3) is 2.34. The van der Waals surface area contributed by atoms with Crippen LogP contribution in [0.2, 0.25) is 0 Å². The van der Waals surface area contributed by atoms with E-state index in [-0.39, 0.29) is 24.2 Å². The van der Waals surface area contributed by atoms with Gasteiger partial charge in [0, 0.05) is 31.8 Å². The second-order valence-electron chi connectivity index (χ2n) is 4.69. The van der Waals surface area contributed by atoms with Crippen LogP contribution in [0.5, 0.6) is 0 Å². The number of likely N-dealkylation sites (tertiary alicyclic amines) is 1. The number of aliphatic carboxylic acids is 1. The van der Waals surface area contributed by atoms with E-state index in [0.29, 0.717) is 25.2 Å². The number of nitrogens with one attached hydrogen (secondary N) is 1. The summed E-state index contributed by atoms with van der Waals surface area (Å²) in [6.07, 6.45) is 0.619. The molecule has 7 nitrogen and oxygen atoms in total. The average Bonchev–Trinajstić information content (AvgIpc) is 2.27. The first-order chi connectivity index (χ1) is 8.49. The summed E-state index contributed by atoms with van der Waals surface area (Å²) in [5.74, 6) is -1.67. The highest BCUT2D eigenvalue weighted by molar-refractivity contribution is 6.39. The van der Waals surface area contributed by atoms with Gasteiger partial charge in [-0.05, 0) is 0 Å². The van der Waals surface area contributed by atoms with Gasteiger partial charge in [-0.2, -0.15) is 5.10 Å². The summed E-state index contributed by atoms with van der Waals surface area (Å²) < 4.78 is 0. The van der Waals surface area contributed by atoms with Crippen LogP contribution in [-0.2, 0) is 14.4 Å². The first-order valence-corrected chi connectivity index (χ1v) is 5.86. The molecule has 1 saturated heterocycles. The molecule has 0 saturated carbocycles. The second kappa shape index (κ2) is 4.75. The molecule has 2 heterocycles. The normalized spacial score (nSPS) is 21.7. The molecule has 0 spiro atoms. The fourth-order valence-corrected chi connectivity index (χ4v) is 2.01. The summed E-state index contributed by atoms with van der Waals surface area (Å²) in [4.78, 5) is 35.2. The monoisotopic (exact) mass is 253 g/mol. The molecule has 0 aromatic carbocycles. The molecule has 98 valence electrons. The zero-order valence-electron chi connectivity index (χ0n) is 10.0. The molecule has 18 heavy (non-hydrogen) atoms. The van der Waals surface area contributed by atoms with Crippen molar-refractivity contribution in [1.29, 1.82) is 0 Å². The van der Waals surface area contributed by atoms with Crippen LogP contribution in [0.1, 0.15) is 19.8 Å². The highest BCUT2D eigenvalue weighted by atomic mass is 16.4. The van der Waals surface area contributed by atoms with E-state index in [4.69, 9.17) is 5.11 Å². The quantitative estimate of drug-likeness (QED) is 0.703. The lowest BCUT2D eigenvalue weighted by atomic mass is 9.86. The summed E-state index contributed by atoms with van der Waals surface area (Å²) in [5, 5.41) is 12.6. The number of carbonyl (C=O) groups is 3. The van der Waals surface area contributed by atoms with E-state index in [1.807, 2.05) is 0 Å². The zero-order valence-corrected chi connectivity index (χ0v) is 10.0. The van der Waals surface area contributed by atoms with Crippen LogP contribution in [0.25, 0.3) is 0 Å². The van der Waals surface area contributed by atoms with Crippen LogP contribution >= 0.6 is 0 Å². The summed E-state index contributed by atoms with van der Waals surface area (Å²) in [5.41, 5.74) is 2.62. The molecule has 1 fully saturated rings. The molecule has 0 radical (unpaired) electrons. The van der Waals surface area contributed by atoms with E-state index in [9.17, 15) is 14.4 Å². The molecule has 0 aromatic heterocycles. The summed E-state index contributed by atoms with van der Waals surface area (Å²) in [6, 6.07) is 0. The van der Waals surface area contributed by atoms with Crippen molar-refractivity contribution < 1.29 is 19.5 Å². The topological polar surface area (TPSA) is 99.1 Å². The van der Waals surface area contributed by atoms with Crippen molar-refractivity contribution in [2.24, 2.45) is 16.9 Å². The smallest absolute Gasteiger partial charge is 0.306 e. The lowest BCUT2D eigenvalue weighted by Crippen LogP contribution is -2.55. The van der Waals surface area contributed by atoms with Crippen molar-refractivity contribution in [3.05, 3.63) is 0 Å². The van der Waals surface area contributed by atoms with Crippen molar-refractivity contribution in [3.8, 4) is 0 Å². The van der Waals surface area contributed by atoms with Gasteiger partial charge in [-0.3, -0.25) is 14.4 Å². The zero-order chi connectivity index (χ0) is 13.3. The molecule has 2 aliphatic rings. The largest absolute Gasteiger partial charge is 0.481 e. The number of hydrogen-bond donors (Lipinski definition) is 2. The van der Waals surface area contributed by atoms with Crippen LogP contribution in [0.3, 0.4) is 0 Å². The van der Waals surface area contributed by atoms with E-state index in [2.05, 4.69) is 10.5 Å². The van der Waals surface area contributed by atoms with E-state index in [1.165, 1.54) is 0 Å². The van der Waals surface area contributed by atoms with Crippen LogP contribution in [0.4, 0.5) is 0 Å². The molecule has 2 rings (SSSR count). The molecule has 1 atom stereocenters. The Morgan fingerprint density at radius 2 is 2.11 bits per heavy atom. The predicted molar refractivity (Wildman–Crippen MR) is 61.7 cm³/mol. The van der Waals surface area contributed by atoms with Gasteiger partial charge in [-0.15, -0.1) is 0 Å². The van der Waals surface area contributed by atoms with E-state index >= 15 is 0 Å². The summed E-state index contributed by atoms with van der Waals surface area (Å²) in [7, 11) is 0. The van der Waals surface area contributed by atoms with Crippen LogP contribution < -0.4 is 5.43 Å². The predicted octanol–water partition coefficient (Wildman–Crippen LogP) is -0.568. The first-order valence-electron chi connectivity index (χ1n) is 5.86. The lowest BCUT2D eigenvalue weighted by Gasteiger charge is -2.41. The van der Waals surface area contributed by atoms with Crippen LogP contribution in [0.15, 0.2) is 5.10 Å². The highest BCUT2D eigenvalue weighted by Gasteiger charge is 2.38. The molecule has 0 bridgehead atoms. The summed E-state index contributed by atoms with van der Waals surface area (Å²) >= 11 is 0. The van der Waals surface area contributed by atoms with Gasteiger partial charge >= 0.3 is 5.97 Å².